The van der Waals surface area contributed by atoms with Gasteiger partial charge in [0.2, 0.25) is 0 Å². The largest absolute Gasteiger partial charge is 0.506 e. The second-order valence-corrected chi connectivity index (χ2v) is 9.39. The molecule has 0 bridgehead atoms. The lowest BCUT2D eigenvalue weighted by Gasteiger charge is -2.13. The Morgan fingerprint density at radius 1 is 0.429 bits per heavy atom. The molecule has 0 heterocycles. The maximum Gasteiger partial charge on any atom is 0.143 e. The van der Waals surface area contributed by atoms with Crippen LogP contribution in [0, 0.1) is 0 Å². The molecule has 0 unspecified atom stereocenters. The van der Waals surface area contributed by atoms with Gasteiger partial charge >= 0.3 is 0 Å². The minimum atomic E-state index is 0.333. The summed E-state index contributed by atoms with van der Waals surface area (Å²) in [6.07, 6.45) is 0. The molecule has 0 atom stereocenters. The fraction of sp³-hybridized carbons (Fsp3) is 0. The van der Waals surface area contributed by atoms with E-state index in [1.54, 1.807) is 35.3 Å². The van der Waals surface area contributed by atoms with Gasteiger partial charge in [-0.15, -0.1) is 0 Å². The van der Waals surface area contributed by atoms with Crippen LogP contribution in [-0.4, -0.2) is 5.11 Å². The molecule has 0 fully saturated rings. The van der Waals surface area contributed by atoms with Crippen molar-refractivity contribution >= 4 is 35.3 Å². The molecule has 0 spiro atoms. The standard InChI is InChI=1S/C24H18OS3/c25-24-22(27-19-12-6-2-7-13-19)16-21(26-18-10-4-1-5-11-18)17-23(24)28-20-14-8-3-9-15-20/h1-17,25H. The van der Waals surface area contributed by atoms with Gasteiger partial charge in [0.15, 0.2) is 0 Å². The van der Waals surface area contributed by atoms with Crippen LogP contribution >= 0.6 is 35.3 Å². The smallest absolute Gasteiger partial charge is 0.143 e. The van der Waals surface area contributed by atoms with Crippen molar-refractivity contribution in [3.05, 3.63) is 103 Å². The van der Waals surface area contributed by atoms with Crippen LogP contribution in [0.25, 0.3) is 0 Å². The lowest BCUT2D eigenvalue weighted by atomic mass is 10.3. The van der Waals surface area contributed by atoms with Crippen LogP contribution in [0.1, 0.15) is 0 Å². The predicted octanol–water partition coefficient (Wildman–Crippen LogP) is 7.85. The van der Waals surface area contributed by atoms with Crippen molar-refractivity contribution in [3.8, 4) is 5.75 Å². The summed E-state index contributed by atoms with van der Waals surface area (Å²) < 4.78 is 0. The van der Waals surface area contributed by atoms with Gasteiger partial charge in [-0.2, -0.15) is 0 Å². The van der Waals surface area contributed by atoms with E-state index in [0.717, 1.165) is 24.5 Å². The van der Waals surface area contributed by atoms with Gasteiger partial charge < -0.3 is 5.11 Å². The van der Waals surface area contributed by atoms with Crippen molar-refractivity contribution in [1.82, 2.24) is 0 Å². The topological polar surface area (TPSA) is 20.2 Å². The Kier molecular flexibility index (Phi) is 6.32. The van der Waals surface area contributed by atoms with E-state index < -0.39 is 0 Å². The summed E-state index contributed by atoms with van der Waals surface area (Å²) in [4.78, 5) is 6.24. The molecule has 0 radical (unpaired) electrons. The van der Waals surface area contributed by atoms with E-state index >= 15 is 0 Å². The summed E-state index contributed by atoms with van der Waals surface area (Å²) in [5.74, 6) is 0.333. The highest BCUT2D eigenvalue weighted by Gasteiger charge is 2.14. The van der Waals surface area contributed by atoms with Crippen LogP contribution in [0.4, 0.5) is 0 Å². The first kappa shape index (κ1) is 19.1. The minimum absolute atomic E-state index is 0.333. The molecule has 4 rings (SSSR count). The Bertz CT molecular complexity index is 973. The molecule has 0 amide bonds. The van der Waals surface area contributed by atoms with Gasteiger partial charge in [-0.25, -0.2) is 0 Å². The molecule has 28 heavy (non-hydrogen) atoms. The molecule has 1 N–H and O–H groups in total. The van der Waals surface area contributed by atoms with E-state index in [1.165, 1.54) is 4.90 Å². The fourth-order valence-electron chi connectivity index (χ4n) is 2.63. The van der Waals surface area contributed by atoms with Crippen LogP contribution in [0.2, 0.25) is 0 Å². The van der Waals surface area contributed by atoms with Crippen LogP contribution in [0.5, 0.6) is 5.75 Å². The maximum absolute atomic E-state index is 11.0. The molecule has 0 saturated heterocycles. The zero-order valence-corrected chi connectivity index (χ0v) is 17.4. The summed E-state index contributed by atoms with van der Waals surface area (Å²) >= 11 is 4.88. The van der Waals surface area contributed by atoms with Crippen molar-refractivity contribution in [1.29, 1.82) is 0 Å². The van der Waals surface area contributed by atoms with Gasteiger partial charge in [-0.05, 0) is 48.5 Å². The monoisotopic (exact) mass is 418 g/mol. The normalized spacial score (nSPS) is 10.7. The van der Waals surface area contributed by atoms with Gasteiger partial charge in [-0.1, -0.05) is 89.9 Å². The van der Waals surface area contributed by atoms with Crippen molar-refractivity contribution in [3.63, 3.8) is 0 Å². The lowest BCUT2D eigenvalue weighted by molar-refractivity contribution is 0.448. The van der Waals surface area contributed by atoms with Gasteiger partial charge in [0.1, 0.15) is 5.75 Å². The van der Waals surface area contributed by atoms with Gasteiger partial charge in [0.25, 0.3) is 0 Å². The first-order valence-electron chi connectivity index (χ1n) is 8.84. The Balaban J connectivity index is 1.71. The summed E-state index contributed by atoms with van der Waals surface area (Å²) in [5, 5.41) is 11.0. The van der Waals surface area contributed by atoms with Crippen LogP contribution < -0.4 is 0 Å². The number of hydrogen-bond donors (Lipinski definition) is 1. The van der Waals surface area contributed by atoms with Crippen LogP contribution in [0.15, 0.2) is 133 Å². The molecule has 0 aliphatic rings. The van der Waals surface area contributed by atoms with E-state index in [1.807, 2.05) is 54.6 Å². The number of rotatable bonds is 6. The van der Waals surface area contributed by atoms with Gasteiger partial charge in [0, 0.05) is 19.6 Å². The number of phenols is 1. The third-order valence-corrected chi connectivity index (χ3v) is 6.99. The number of aromatic hydroxyl groups is 1. The molecule has 138 valence electrons. The molecular weight excluding hydrogens is 400 g/mol. The molecule has 0 aliphatic heterocycles. The summed E-state index contributed by atoms with van der Waals surface area (Å²) in [6, 6.07) is 34.8. The Labute approximate surface area is 178 Å². The van der Waals surface area contributed by atoms with E-state index in [9.17, 15) is 5.11 Å². The van der Waals surface area contributed by atoms with Gasteiger partial charge in [-0.3, -0.25) is 0 Å². The third-order valence-electron chi connectivity index (χ3n) is 3.93. The third kappa shape index (κ3) is 4.96. The Morgan fingerprint density at radius 3 is 1.18 bits per heavy atom. The van der Waals surface area contributed by atoms with E-state index in [0.29, 0.717) is 5.75 Å². The van der Waals surface area contributed by atoms with Crippen LogP contribution in [-0.2, 0) is 0 Å². The van der Waals surface area contributed by atoms with Crippen molar-refractivity contribution in [2.45, 2.75) is 29.4 Å². The SMILES string of the molecule is Oc1c(Sc2ccccc2)cc(Sc2ccccc2)cc1Sc1ccccc1. The summed E-state index contributed by atoms with van der Waals surface area (Å²) in [7, 11) is 0. The molecule has 4 aromatic rings. The van der Waals surface area contributed by atoms with E-state index in [4.69, 9.17) is 0 Å². The fourth-order valence-corrected chi connectivity index (χ4v) is 5.64. The van der Waals surface area contributed by atoms with Crippen molar-refractivity contribution in [2.75, 3.05) is 0 Å². The highest BCUT2D eigenvalue weighted by atomic mass is 32.2. The number of phenolic OH excluding ortho intramolecular Hbond substituents is 1. The molecule has 0 saturated carbocycles. The van der Waals surface area contributed by atoms with E-state index in [2.05, 4.69) is 48.5 Å². The molecule has 4 aromatic carbocycles. The summed E-state index contributed by atoms with van der Waals surface area (Å²) in [6.45, 7) is 0. The summed E-state index contributed by atoms with van der Waals surface area (Å²) in [5.41, 5.74) is 0. The highest BCUT2D eigenvalue weighted by Crippen LogP contribution is 2.45. The van der Waals surface area contributed by atoms with Crippen molar-refractivity contribution in [2.24, 2.45) is 0 Å². The van der Waals surface area contributed by atoms with E-state index in [-0.39, 0.29) is 0 Å². The van der Waals surface area contributed by atoms with Gasteiger partial charge in [0.05, 0.1) is 9.79 Å². The molecule has 0 aliphatic carbocycles. The second kappa shape index (κ2) is 9.28. The highest BCUT2D eigenvalue weighted by molar-refractivity contribution is 8.01. The Hall–Kier alpha value is -2.27. The molecule has 4 heteroatoms. The zero-order chi connectivity index (χ0) is 19.2. The predicted molar refractivity (Wildman–Crippen MR) is 120 cm³/mol. The Morgan fingerprint density at radius 2 is 0.786 bits per heavy atom. The van der Waals surface area contributed by atoms with Crippen molar-refractivity contribution < 1.29 is 5.11 Å². The molecule has 1 nitrogen and oxygen atoms in total. The number of hydrogen-bond acceptors (Lipinski definition) is 4. The zero-order valence-electron chi connectivity index (χ0n) is 15.0. The first-order chi connectivity index (χ1) is 13.8. The second-order valence-electron chi connectivity index (χ2n) is 6.01. The van der Waals surface area contributed by atoms with Crippen LogP contribution in [0.3, 0.4) is 0 Å². The minimum Gasteiger partial charge on any atom is -0.506 e. The average molecular weight is 419 g/mol. The molecule has 0 aromatic heterocycles. The average Bonchev–Trinajstić information content (AvgIpc) is 2.74. The number of benzene rings is 4. The first-order valence-corrected chi connectivity index (χ1v) is 11.3. The maximum atomic E-state index is 11.0. The quantitative estimate of drug-likeness (QED) is 0.344. The molecular formula is C24H18OS3. The lowest BCUT2D eigenvalue weighted by Crippen LogP contribution is -1.84.